The number of benzene rings is 1. The van der Waals surface area contributed by atoms with E-state index in [1.807, 2.05) is 0 Å². The molecule has 0 saturated heterocycles. The van der Waals surface area contributed by atoms with Crippen LogP contribution in [0.1, 0.15) is 62.1 Å². The first-order chi connectivity index (χ1) is 8.40. The number of aryl methyl sites for hydroxylation is 1. The summed E-state index contributed by atoms with van der Waals surface area (Å²) in [5, 5.41) is 0. The van der Waals surface area contributed by atoms with Gasteiger partial charge >= 0.3 is 0 Å². The predicted octanol–water partition coefficient (Wildman–Crippen LogP) is 5.17. The van der Waals surface area contributed by atoms with Crippen molar-refractivity contribution in [3.05, 3.63) is 47.4 Å². The average molecular weight is 227 g/mol. The third-order valence-corrected chi connectivity index (χ3v) is 3.52. The molecule has 1 radical (unpaired) electrons. The van der Waals surface area contributed by atoms with E-state index in [1.54, 1.807) is 0 Å². The first-order valence-electron chi connectivity index (χ1n) is 7.04. The highest BCUT2D eigenvalue weighted by Gasteiger charge is 2.05. The Morgan fingerprint density at radius 1 is 0.882 bits per heavy atom. The lowest BCUT2D eigenvalue weighted by molar-refractivity contribution is 0.607. The van der Waals surface area contributed by atoms with Gasteiger partial charge in [0, 0.05) is 6.42 Å². The van der Waals surface area contributed by atoms with Crippen LogP contribution in [0.4, 0.5) is 0 Å². The van der Waals surface area contributed by atoms with E-state index in [1.165, 1.54) is 61.6 Å². The van der Waals surface area contributed by atoms with Crippen molar-refractivity contribution >= 4 is 6.08 Å². The summed E-state index contributed by atoms with van der Waals surface area (Å²) in [5.74, 6) is 0. The fourth-order valence-corrected chi connectivity index (χ4v) is 2.44. The van der Waals surface area contributed by atoms with Crippen molar-refractivity contribution in [2.24, 2.45) is 0 Å². The SMILES string of the molecule is CCCCCCCCc1ccc2c(c1)C=C[CH]2. The van der Waals surface area contributed by atoms with Gasteiger partial charge in [0.25, 0.3) is 0 Å². The Labute approximate surface area is 106 Å². The Balaban J connectivity index is 1.70. The van der Waals surface area contributed by atoms with Crippen molar-refractivity contribution in [2.45, 2.75) is 51.9 Å². The maximum absolute atomic E-state index is 2.35. The zero-order valence-electron chi connectivity index (χ0n) is 10.9. The molecule has 0 spiro atoms. The number of fused-ring (bicyclic) bond motifs is 1. The molecule has 1 aromatic carbocycles. The average Bonchev–Trinajstić information content (AvgIpc) is 2.81. The molecule has 0 amide bonds. The maximum atomic E-state index is 2.35. The Kier molecular flexibility index (Phi) is 4.85. The van der Waals surface area contributed by atoms with Crippen LogP contribution >= 0.6 is 0 Å². The topological polar surface area (TPSA) is 0 Å². The Morgan fingerprint density at radius 2 is 1.71 bits per heavy atom. The molecule has 0 N–H and O–H groups in total. The van der Waals surface area contributed by atoms with E-state index in [4.69, 9.17) is 0 Å². The lowest BCUT2D eigenvalue weighted by atomic mass is 10.0. The van der Waals surface area contributed by atoms with E-state index in [2.05, 4.69) is 43.7 Å². The molecule has 2 rings (SSSR count). The van der Waals surface area contributed by atoms with E-state index in [0.29, 0.717) is 0 Å². The van der Waals surface area contributed by atoms with E-state index in [9.17, 15) is 0 Å². The fourth-order valence-electron chi connectivity index (χ4n) is 2.44. The molecule has 0 nitrogen and oxygen atoms in total. The second-order valence-corrected chi connectivity index (χ2v) is 5.01. The summed E-state index contributed by atoms with van der Waals surface area (Å²) < 4.78 is 0. The van der Waals surface area contributed by atoms with Gasteiger partial charge in [0.15, 0.2) is 0 Å². The number of unbranched alkanes of at least 4 members (excludes halogenated alkanes) is 5. The van der Waals surface area contributed by atoms with Gasteiger partial charge in [0.05, 0.1) is 0 Å². The zero-order chi connectivity index (χ0) is 11.9. The van der Waals surface area contributed by atoms with Crippen LogP contribution in [0.2, 0.25) is 0 Å². The molecule has 0 aromatic heterocycles. The summed E-state index contributed by atoms with van der Waals surface area (Å²) in [6.45, 7) is 2.27. The molecule has 91 valence electrons. The highest BCUT2D eigenvalue weighted by Crippen LogP contribution is 2.22. The minimum Gasteiger partial charge on any atom is -0.0755 e. The van der Waals surface area contributed by atoms with Crippen molar-refractivity contribution < 1.29 is 0 Å². The molecule has 0 heterocycles. The van der Waals surface area contributed by atoms with Crippen molar-refractivity contribution in [1.82, 2.24) is 0 Å². The first kappa shape index (κ1) is 12.4. The lowest BCUT2D eigenvalue weighted by Gasteiger charge is -2.05. The Hall–Kier alpha value is -1.04. The minimum atomic E-state index is 1.24. The Morgan fingerprint density at radius 3 is 2.59 bits per heavy atom. The highest BCUT2D eigenvalue weighted by atomic mass is 14.1. The van der Waals surface area contributed by atoms with E-state index < -0.39 is 0 Å². The minimum absolute atomic E-state index is 1.24. The summed E-state index contributed by atoms with van der Waals surface area (Å²) in [6, 6.07) is 6.89. The van der Waals surface area contributed by atoms with Gasteiger partial charge < -0.3 is 0 Å². The van der Waals surface area contributed by atoms with Crippen molar-refractivity contribution in [2.75, 3.05) is 0 Å². The van der Waals surface area contributed by atoms with E-state index >= 15 is 0 Å². The second-order valence-electron chi connectivity index (χ2n) is 5.01. The van der Waals surface area contributed by atoms with Gasteiger partial charge in [-0.3, -0.25) is 0 Å². The first-order valence-corrected chi connectivity index (χ1v) is 7.04. The largest absolute Gasteiger partial charge is 0.0755 e. The van der Waals surface area contributed by atoms with Crippen LogP contribution in [-0.2, 0) is 6.42 Å². The van der Waals surface area contributed by atoms with Crippen LogP contribution in [0.25, 0.3) is 6.08 Å². The number of allylic oxidation sites excluding steroid dienone is 1. The van der Waals surface area contributed by atoms with Crippen LogP contribution in [0, 0.1) is 6.42 Å². The highest BCUT2D eigenvalue weighted by molar-refractivity contribution is 5.65. The number of hydrogen-bond acceptors (Lipinski definition) is 0. The van der Waals surface area contributed by atoms with Crippen LogP contribution in [-0.4, -0.2) is 0 Å². The molecule has 0 unspecified atom stereocenters. The molecule has 1 aliphatic carbocycles. The fraction of sp³-hybridized carbons (Fsp3) is 0.471. The molecule has 0 heteroatoms. The predicted molar refractivity (Wildman–Crippen MR) is 76.0 cm³/mol. The quantitative estimate of drug-likeness (QED) is 0.564. The van der Waals surface area contributed by atoms with Crippen LogP contribution in [0.3, 0.4) is 0 Å². The molecular formula is C17H23. The van der Waals surface area contributed by atoms with Crippen molar-refractivity contribution in [1.29, 1.82) is 0 Å². The van der Waals surface area contributed by atoms with Gasteiger partial charge in [0.1, 0.15) is 0 Å². The monoisotopic (exact) mass is 227 g/mol. The third-order valence-electron chi connectivity index (χ3n) is 3.52. The van der Waals surface area contributed by atoms with Crippen LogP contribution in [0.15, 0.2) is 24.3 Å². The summed E-state index contributed by atoms with van der Waals surface area (Å²) in [6.07, 6.45) is 16.1. The molecule has 0 saturated carbocycles. The normalized spacial score (nSPS) is 13.0. The zero-order valence-corrected chi connectivity index (χ0v) is 10.9. The summed E-state index contributed by atoms with van der Waals surface area (Å²) in [5.41, 5.74) is 4.27. The smallest absolute Gasteiger partial charge is 0.0131 e. The Bertz CT molecular complexity index is 374. The molecule has 17 heavy (non-hydrogen) atoms. The van der Waals surface area contributed by atoms with Gasteiger partial charge in [-0.25, -0.2) is 0 Å². The van der Waals surface area contributed by atoms with Crippen molar-refractivity contribution in [3.8, 4) is 0 Å². The molecule has 0 aliphatic heterocycles. The molecular weight excluding hydrogens is 204 g/mol. The van der Waals surface area contributed by atoms with E-state index in [0.717, 1.165) is 0 Å². The van der Waals surface area contributed by atoms with Crippen LogP contribution in [0.5, 0.6) is 0 Å². The summed E-state index contributed by atoms with van der Waals surface area (Å²) in [4.78, 5) is 0. The number of hydrogen-bond donors (Lipinski definition) is 0. The maximum Gasteiger partial charge on any atom is 0.0131 e. The number of rotatable bonds is 7. The van der Waals surface area contributed by atoms with Gasteiger partial charge in [-0.15, -0.1) is 0 Å². The van der Waals surface area contributed by atoms with Gasteiger partial charge in [-0.2, -0.15) is 0 Å². The third kappa shape index (κ3) is 3.73. The molecule has 1 aromatic rings. The molecule has 0 atom stereocenters. The van der Waals surface area contributed by atoms with Crippen molar-refractivity contribution in [3.63, 3.8) is 0 Å². The van der Waals surface area contributed by atoms with Gasteiger partial charge in [-0.05, 0) is 29.5 Å². The summed E-state index contributed by atoms with van der Waals surface area (Å²) >= 11 is 0. The lowest BCUT2D eigenvalue weighted by Crippen LogP contribution is -1.89. The van der Waals surface area contributed by atoms with Gasteiger partial charge in [-0.1, -0.05) is 69.4 Å². The standard InChI is InChI=1S/C17H23/c1-2-3-4-5-6-7-9-15-12-13-16-10-8-11-17(16)14-15/h8,10-14H,2-7,9H2,1H3. The van der Waals surface area contributed by atoms with Gasteiger partial charge in [0.2, 0.25) is 0 Å². The summed E-state index contributed by atoms with van der Waals surface area (Å²) in [7, 11) is 0. The van der Waals surface area contributed by atoms with E-state index in [-0.39, 0.29) is 0 Å². The molecule has 0 fully saturated rings. The molecule has 1 aliphatic rings. The second kappa shape index (κ2) is 6.64. The van der Waals surface area contributed by atoms with Crippen LogP contribution < -0.4 is 0 Å². The molecule has 0 bridgehead atoms.